The van der Waals surface area contributed by atoms with Crippen LogP contribution in [0.25, 0.3) is 16.8 Å². The molecule has 5 heteroatoms. The summed E-state index contributed by atoms with van der Waals surface area (Å²) in [5.41, 5.74) is 2.09. The first-order chi connectivity index (χ1) is 9.29. The van der Waals surface area contributed by atoms with Gasteiger partial charge in [0, 0.05) is 36.9 Å². The van der Waals surface area contributed by atoms with E-state index in [-0.39, 0.29) is 5.56 Å². The molecule has 94 valence electrons. The highest BCUT2D eigenvalue weighted by Gasteiger charge is 2.08. The molecule has 0 N–H and O–H groups in total. The number of hydrogen-bond donors (Lipinski definition) is 0. The molecule has 0 aromatic carbocycles. The van der Waals surface area contributed by atoms with Crippen molar-refractivity contribution >= 4 is 5.52 Å². The normalized spacial score (nSPS) is 10.7. The first-order valence-corrected chi connectivity index (χ1v) is 5.90. The molecule has 0 atom stereocenters. The van der Waals surface area contributed by atoms with Gasteiger partial charge >= 0.3 is 0 Å². The van der Waals surface area contributed by atoms with Crippen molar-refractivity contribution in [3.63, 3.8) is 0 Å². The number of rotatable bonds is 3. The number of nitrogens with zero attached hydrogens (tertiary/aromatic N) is 4. The summed E-state index contributed by atoms with van der Waals surface area (Å²) >= 11 is 0. The molecule has 3 aromatic heterocycles. The Labute approximate surface area is 109 Å². The zero-order valence-electron chi connectivity index (χ0n) is 10.2. The average molecular weight is 252 g/mol. The Hall–Kier alpha value is -2.69. The van der Waals surface area contributed by atoms with Gasteiger partial charge < -0.3 is 4.57 Å². The van der Waals surface area contributed by atoms with Crippen LogP contribution in [0.2, 0.25) is 0 Å². The van der Waals surface area contributed by atoms with Crippen LogP contribution in [0.1, 0.15) is 0 Å². The molecule has 0 unspecified atom stereocenters. The van der Waals surface area contributed by atoms with Crippen molar-refractivity contribution in [3.8, 4) is 11.3 Å². The van der Waals surface area contributed by atoms with E-state index in [1.807, 2.05) is 12.1 Å². The lowest BCUT2D eigenvalue weighted by atomic mass is 10.2. The van der Waals surface area contributed by atoms with Crippen molar-refractivity contribution < 1.29 is 0 Å². The van der Waals surface area contributed by atoms with Crippen molar-refractivity contribution in [2.75, 3.05) is 0 Å². The SMILES string of the molecule is C=CCn1ccn2nc(-c3cccnc3)cc2c1=O. The van der Waals surface area contributed by atoms with Crippen molar-refractivity contribution in [1.29, 1.82) is 0 Å². The molecule has 5 nitrogen and oxygen atoms in total. The van der Waals surface area contributed by atoms with Gasteiger partial charge in [-0.25, -0.2) is 4.52 Å². The van der Waals surface area contributed by atoms with E-state index in [1.165, 1.54) is 0 Å². The first-order valence-electron chi connectivity index (χ1n) is 5.90. The lowest BCUT2D eigenvalue weighted by Crippen LogP contribution is -2.20. The quantitative estimate of drug-likeness (QED) is 0.667. The van der Waals surface area contributed by atoms with E-state index in [4.69, 9.17) is 0 Å². The fourth-order valence-corrected chi connectivity index (χ4v) is 1.96. The second-order valence-corrected chi connectivity index (χ2v) is 4.15. The molecule has 0 fully saturated rings. The zero-order valence-corrected chi connectivity index (χ0v) is 10.2. The molecule has 3 heterocycles. The summed E-state index contributed by atoms with van der Waals surface area (Å²) in [6, 6.07) is 5.53. The fourth-order valence-electron chi connectivity index (χ4n) is 1.96. The number of allylic oxidation sites excluding steroid dienone is 1. The molecule has 19 heavy (non-hydrogen) atoms. The van der Waals surface area contributed by atoms with Crippen LogP contribution in [-0.2, 0) is 6.54 Å². The molecule has 0 saturated carbocycles. The predicted molar refractivity (Wildman–Crippen MR) is 72.9 cm³/mol. The van der Waals surface area contributed by atoms with Crippen molar-refractivity contribution in [2.45, 2.75) is 6.54 Å². The second kappa shape index (κ2) is 4.53. The molecule has 0 aliphatic rings. The number of pyridine rings is 1. The van der Waals surface area contributed by atoms with Crippen LogP contribution >= 0.6 is 0 Å². The fraction of sp³-hybridized carbons (Fsp3) is 0.0714. The number of fused-ring (bicyclic) bond motifs is 1. The maximum absolute atomic E-state index is 12.2. The summed E-state index contributed by atoms with van der Waals surface area (Å²) in [6.45, 7) is 4.13. The maximum Gasteiger partial charge on any atom is 0.276 e. The summed E-state index contributed by atoms with van der Waals surface area (Å²) in [5, 5.41) is 4.38. The van der Waals surface area contributed by atoms with Crippen LogP contribution in [0.15, 0.2) is 60.4 Å². The third kappa shape index (κ3) is 1.95. The Kier molecular flexibility index (Phi) is 2.72. The molecule has 0 aliphatic carbocycles. The lowest BCUT2D eigenvalue weighted by molar-refractivity contribution is 0.760. The van der Waals surface area contributed by atoms with Gasteiger partial charge in [0.2, 0.25) is 0 Å². The highest BCUT2D eigenvalue weighted by atomic mass is 16.1. The van der Waals surface area contributed by atoms with E-state index in [0.29, 0.717) is 12.1 Å². The molecule has 0 saturated heterocycles. The Morgan fingerprint density at radius 3 is 3.00 bits per heavy atom. The number of aromatic nitrogens is 4. The molecule has 0 radical (unpaired) electrons. The molecule has 0 bridgehead atoms. The molecule has 3 aromatic rings. The van der Waals surface area contributed by atoms with E-state index in [0.717, 1.165) is 11.3 Å². The van der Waals surface area contributed by atoms with Gasteiger partial charge in [-0.05, 0) is 18.2 Å². The molecule has 3 rings (SSSR count). The molecular formula is C14H12N4O. The van der Waals surface area contributed by atoms with Crippen molar-refractivity contribution in [3.05, 3.63) is 66.0 Å². The second-order valence-electron chi connectivity index (χ2n) is 4.15. The van der Waals surface area contributed by atoms with E-state index < -0.39 is 0 Å². The van der Waals surface area contributed by atoms with Gasteiger partial charge in [-0.2, -0.15) is 5.10 Å². The van der Waals surface area contributed by atoms with Crippen LogP contribution < -0.4 is 5.56 Å². The van der Waals surface area contributed by atoms with E-state index in [1.54, 1.807) is 46.0 Å². The zero-order chi connectivity index (χ0) is 13.2. The summed E-state index contributed by atoms with van der Waals surface area (Å²) in [4.78, 5) is 16.3. The smallest absolute Gasteiger partial charge is 0.276 e. The lowest BCUT2D eigenvalue weighted by Gasteiger charge is -2.00. The maximum atomic E-state index is 12.2. The van der Waals surface area contributed by atoms with Crippen LogP contribution in [-0.4, -0.2) is 19.2 Å². The molecule has 0 amide bonds. The summed E-state index contributed by atoms with van der Waals surface area (Å²) < 4.78 is 3.18. The van der Waals surface area contributed by atoms with Gasteiger partial charge in [0.25, 0.3) is 5.56 Å². The van der Waals surface area contributed by atoms with E-state index >= 15 is 0 Å². The highest BCUT2D eigenvalue weighted by Crippen LogP contribution is 2.16. The molecular weight excluding hydrogens is 240 g/mol. The van der Waals surface area contributed by atoms with Crippen molar-refractivity contribution in [2.24, 2.45) is 0 Å². The van der Waals surface area contributed by atoms with Crippen molar-refractivity contribution in [1.82, 2.24) is 19.2 Å². The van der Waals surface area contributed by atoms with Gasteiger partial charge in [0.15, 0.2) is 0 Å². The monoisotopic (exact) mass is 252 g/mol. The van der Waals surface area contributed by atoms with E-state index in [9.17, 15) is 4.79 Å². The van der Waals surface area contributed by atoms with Gasteiger partial charge in [0.05, 0.1) is 5.69 Å². The first kappa shape index (κ1) is 11.4. The van der Waals surface area contributed by atoms with Gasteiger partial charge in [-0.15, -0.1) is 6.58 Å². The van der Waals surface area contributed by atoms with Crippen LogP contribution in [0.4, 0.5) is 0 Å². The average Bonchev–Trinajstić information content (AvgIpc) is 2.88. The molecule has 0 aliphatic heterocycles. The minimum absolute atomic E-state index is 0.0787. The van der Waals surface area contributed by atoms with Crippen LogP contribution in [0.3, 0.4) is 0 Å². The molecule has 0 spiro atoms. The largest absolute Gasteiger partial charge is 0.308 e. The summed E-state index contributed by atoms with van der Waals surface area (Å²) in [5.74, 6) is 0. The summed E-state index contributed by atoms with van der Waals surface area (Å²) in [6.07, 6.45) is 8.59. The minimum atomic E-state index is -0.0787. The Morgan fingerprint density at radius 2 is 2.26 bits per heavy atom. The Morgan fingerprint density at radius 1 is 1.37 bits per heavy atom. The van der Waals surface area contributed by atoms with Gasteiger partial charge in [-0.1, -0.05) is 6.08 Å². The van der Waals surface area contributed by atoms with Gasteiger partial charge in [0.1, 0.15) is 5.52 Å². The number of hydrogen-bond acceptors (Lipinski definition) is 3. The summed E-state index contributed by atoms with van der Waals surface area (Å²) in [7, 11) is 0. The third-order valence-corrected chi connectivity index (χ3v) is 2.89. The van der Waals surface area contributed by atoms with E-state index in [2.05, 4.69) is 16.7 Å². The van der Waals surface area contributed by atoms with Crippen LogP contribution in [0.5, 0.6) is 0 Å². The topological polar surface area (TPSA) is 52.2 Å². The highest BCUT2D eigenvalue weighted by molar-refractivity contribution is 5.64. The minimum Gasteiger partial charge on any atom is -0.308 e. The van der Waals surface area contributed by atoms with Gasteiger partial charge in [-0.3, -0.25) is 9.78 Å². The standard InChI is InChI=1S/C14H12N4O/c1-2-6-17-7-8-18-13(14(17)19)9-12(16-18)11-4-3-5-15-10-11/h2-5,7-10H,1,6H2. The Bertz CT molecular complexity index is 786. The Balaban J connectivity index is 2.19. The third-order valence-electron chi connectivity index (χ3n) is 2.89. The van der Waals surface area contributed by atoms with Crippen LogP contribution in [0, 0.1) is 0 Å². The predicted octanol–water partition coefficient (Wildman–Crippen LogP) is 1.74.